The van der Waals surface area contributed by atoms with Gasteiger partial charge in [-0.05, 0) is 6.55 Å². The van der Waals surface area contributed by atoms with Crippen LogP contribution in [0, 0.1) is 0 Å². The first kappa shape index (κ1) is 6.69. The molecule has 0 aliphatic carbocycles. The highest BCUT2D eigenvalue weighted by atomic mass is 28.3. The average molecular weight is 118 g/mol. The molecule has 0 aliphatic rings. The van der Waals surface area contributed by atoms with Crippen molar-refractivity contribution < 1.29 is 9.16 Å². The van der Waals surface area contributed by atoms with Crippen LogP contribution in [0.5, 0.6) is 0 Å². The molecule has 0 amide bonds. The zero-order chi connectivity index (χ0) is 5.70. The standard InChI is InChI=1S/C4H10O2Si/c1-5-4-7(3)6-2/h4H,1-3H3. The molecule has 42 valence electrons. The molecule has 0 aromatic rings. The zero-order valence-corrected chi connectivity index (χ0v) is 5.89. The molecule has 0 aromatic heterocycles. The topological polar surface area (TPSA) is 18.5 Å². The second-order valence-electron chi connectivity index (χ2n) is 1.17. The molecular weight excluding hydrogens is 108 g/mol. The molecule has 0 rings (SSSR count). The molecule has 0 spiro atoms. The fourth-order valence-corrected chi connectivity index (χ4v) is 0.642. The van der Waals surface area contributed by atoms with Gasteiger partial charge in [-0.2, -0.15) is 0 Å². The Kier molecular flexibility index (Phi) is 3.69. The average Bonchev–Trinajstić information content (AvgIpc) is 1.68. The number of methoxy groups -OCH3 is 1. The quantitative estimate of drug-likeness (QED) is 0.484. The Morgan fingerprint density at radius 3 is 2.14 bits per heavy atom. The molecule has 2 nitrogen and oxygen atoms in total. The third kappa shape index (κ3) is 3.52. The molecule has 0 heterocycles. The fourth-order valence-electron chi connectivity index (χ4n) is 0.214. The number of hydrogen-bond donors (Lipinski definition) is 0. The lowest BCUT2D eigenvalue weighted by atomic mass is 11.5. The SMILES string of the molecule is COC=[Si](C)OC. The molecule has 0 radical (unpaired) electrons. The van der Waals surface area contributed by atoms with Crippen LogP contribution >= 0.6 is 0 Å². The minimum Gasteiger partial charge on any atom is -0.551 e. The summed E-state index contributed by atoms with van der Waals surface area (Å²) in [6.45, 7) is 2.01. The van der Waals surface area contributed by atoms with E-state index in [2.05, 4.69) is 4.74 Å². The van der Waals surface area contributed by atoms with Crippen LogP contribution in [0.4, 0.5) is 0 Å². The lowest BCUT2D eigenvalue weighted by Gasteiger charge is -1.93. The lowest BCUT2D eigenvalue weighted by Crippen LogP contribution is -2.02. The van der Waals surface area contributed by atoms with Gasteiger partial charge in [-0.1, -0.05) is 0 Å². The minimum absolute atomic E-state index is 0.727. The molecule has 0 N–H and O–H groups in total. The molecule has 0 saturated heterocycles. The van der Waals surface area contributed by atoms with Crippen LogP contribution < -0.4 is 0 Å². The summed E-state index contributed by atoms with van der Waals surface area (Å²) < 4.78 is 9.60. The summed E-state index contributed by atoms with van der Waals surface area (Å²) in [5.41, 5.74) is 0. The van der Waals surface area contributed by atoms with Crippen LogP contribution in [0.25, 0.3) is 0 Å². The van der Waals surface area contributed by atoms with Crippen molar-refractivity contribution in [3.63, 3.8) is 0 Å². The summed E-state index contributed by atoms with van der Waals surface area (Å²) >= 11 is 0. The van der Waals surface area contributed by atoms with Crippen molar-refractivity contribution in [1.29, 1.82) is 0 Å². The van der Waals surface area contributed by atoms with Crippen molar-refractivity contribution >= 4 is 14.5 Å². The Balaban J connectivity index is 3.29. The number of hydrogen-bond acceptors (Lipinski definition) is 2. The minimum atomic E-state index is -0.727. The fraction of sp³-hybridized carbons (Fsp3) is 0.750. The molecule has 0 atom stereocenters. The van der Waals surface area contributed by atoms with E-state index in [1.165, 1.54) is 0 Å². The molecular formula is C4H10O2Si. The first-order valence-corrected chi connectivity index (χ1v) is 4.03. The maximum absolute atomic E-state index is 4.91. The normalized spacial score (nSPS) is 11.0. The smallest absolute Gasteiger partial charge is 0.265 e. The van der Waals surface area contributed by atoms with E-state index in [1.54, 1.807) is 20.1 Å². The van der Waals surface area contributed by atoms with Gasteiger partial charge in [0.25, 0.3) is 8.65 Å². The molecule has 0 unspecified atom stereocenters. The number of rotatable bonds is 2. The van der Waals surface area contributed by atoms with Gasteiger partial charge in [0.15, 0.2) is 0 Å². The highest BCUT2D eigenvalue weighted by Gasteiger charge is 1.81. The van der Waals surface area contributed by atoms with Gasteiger partial charge in [-0.3, -0.25) is 0 Å². The van der Waals surface area contributed by atoms with E-state index in [0.29, 0.717) is 0 Å². The Bertz CT molecular complexity index is 70.1. The second-order valence-corrected chi connectivity index (χ2v) is 3.03. The molecule has 7 heavy (non-hydrogen) atoms. The van der Waals surface area contributed by atoms with Crippen LogP contribution in [0.2, 0.25) is 6.55 Å². The van der Waals surface area contributed by atoms with Gasteiger partial charge in [0.1, 0.15) is 0 Å². The van der Waals surface area contributed by atoms with E-state index >= 15 is 0 Å². The van der Waals surface area contributed by atoms with E-state index in [0.717, 1.165) is 0 Å². The van der Waals surface area contributed by atoms with Gasteiger partial charge in [-0.25, -0.2) is 0 Å². The van der Waals surface area contributed by atoms with Gasteiger partial charge in [0.2, 0.25) is 0 Å². The summed E-state index contributed by atoms with van der Waals surface area (Å²) in [5, 5.41) is 0. The van der Waals surface area contributed by atoms with Crippen LogP contribution in [0.3, 0.4) is 0 Å². The van der Waals surface area contributed by atoms with Gasteiger partial charge in [0.05, 0.1) is 20.1 Å². The zero-order valence-electron chi connectivity index (χ0n) is 4.89. The first-order valence-electron chi connectivity index (χ1n) is 2.04. The van der Waals surface area contributed by atoms with Crippen molar-refractivity contribution in [2.24, 2.45) is 0 Å². The van der Waals surface area contributed by atoms with Crippen LogP contribution in [0.15, 0.2) is 0 Å². The van der Waals surface area contributed by atoms with E-state index in [-0.39, 0.29) is 0 Å². The Morgan fingerprint density at radius 2 is 2.00 bits per heavy atom. The van der Waals surface area contributed by atoms with Crippen molar-refractivity contribution in [3.05, 3.63) is 0 Å². The monoisotopic (exact) mass is 118 g/mol. The molecule has 0 aliphatic heterocycles. The van der Waals surface area contributed by atoms with E-state index < -0.39 is 8.65 Å². The third-order valence-corrected chi connectivity index (χ3v) is 1.82. The molecule has 0 bridgehead atoms. The summed E-state index contributed by atoms with van der Waals surface area (Å²) in [5.74, 6) is 1.73. The van der Waals surface area contributed by atoms with Gasteiger partial charge in [0, 0.05) is 0 Å². The van der Waals surface area contributed by atoms with Crippen molar-refractivity contribution in [2.45, 2.75) is 6.55 Å². The Morgan fingerprint density at radius 1 is 1.43 bits per heavy atom. The summed E-state index contributed by atoms with van der Waals surface area (Å²) in [4.78, 5) is 0. The summed E-state index contributed by atoms with van der Waals surface area (Å²) in [6.07, 6.45) is 0. The molecule has 0 aromatic carbocycles. The van der Waals surface area contributed by atoms with Crippen molar-refractivity contribution in [3.8, 4) is 0 Å². The van der Waals surface area contributed by atoms with Crippen molar-refractivity contribution in [1.82, 2.24) is 0 Å². The summed E-state index contributed by atoms with van der Waals surface area (Å²) in [7, 11) is 2.59. The van der Waals surface area contributed by atoms with Gasteiger partial charge < -0.3 is 9.16 Å². The lowest BCUT2D eigenvalue weighted by molar-refractivity contribution is 0.410. The maximum atomic E-state index is 4.91. The van der Waals surface area contributed by atoms with Gasteiger partial charge >= 0.3 is 0 Å². The second kappa shape index (κ2) is 3.86. The Labute approximate surface area is 45.4 Å². The van der Waals surface area contributed by atoms with E-state index in [4.69, 9.17) is 4.43 Å². The molecule has 0 fully saturated rings. The summed E-state index contributed by atoms with van der Waals surface area (Å²) in [6, 6.07) is 0. The first-order chi connectivity index (χ1) is 3.31. The predicted molar refractivity (Wildman–Crippen MR) is 31.7 cm³/mol. The van der Waals surface area contributed by atoms with Gasteiger partial charge in [-0.15, -0.1) is 0 Å². The molecule has 3 heteroatoms. The third-order valence-electron chi connectivity index (χ3n) is 0.606. The number of ether oxygens (including phenoxy) is 1. The molecule has 0 saturated carbocycles. The van der Waals surface area contributed by atoms with Crippen LogP contribution in [-0.2, 0) is 9.16 Å². The largest absolute Gasteiger partial charge is 0.551 e. The highest BCUT2D eigenvalue weighted by molar-refractivity contribution is 6.57. The van der Waals surface area contributed by atoms with E-state index in [1.807, 2.05) is 6.55 Å². The van der Waals surface area contributed by atoms with Crippen molar-refractivity contribution in [2.75, 3.05) is 14.2 Å². The Hall–Kier alpha value is -0.313. The maximum Gasteiger partial charge on any atom is 0.265 e. The van der Waals surface area contributed by atoms with E-state index in [9.17, 15) is 0 Å². The predicted octanol–water partition coefficient (Wildman–Crippen LogP) is 0.242. The highest BCUT2D eigenvalue weighted by Crippen LogP contribution is 1.65. The van der Waals surface area contributed by atoms with Crippen LogP contribution in [0.1, 0.15) is 0 Å². The van der Waals surface area contributed by atoms with Crippen LogP contribution in [-0.4, -0.2) is 28.7 Å².